The van der Waals surface area contributed by atoms with Crippen LogP contribution < -0.4 is 10.6 Å². The molecule has 0 bridgehead atoms. The molecule has 1 fully saturated rings. The second-order valence-corrected chi connectivity index (χ2v) is 5.73. The van der Waals surface area contributed by atoms with E-state index < -0.39 is 23.5 Å². The van der Waals surface area contributed by atoms with E-state index in [2.05, 4.69) is 42.8 Å². The molecule has 3 rings (SSSR count). The first-order chi connectivity index (χ1) is 14.0. The average molecular weight is 425 g/mol. The minimum atomic E-state index is -1.12. The summed E-state index contributed by atoms with van der Waals surface area (Å²) in [6, 6.07) is 13.8. The van der Waals surface area contributed by atoms with Crippen molar-refractivity contribution in [2.75, 3.05) is 11.9 Å². The van der Waals surface area contributed by atoms with Crippen LogP contribution in [0.3, 0.4) is 0 Å². The maximum atomic E-state index is 13.3. The summed E-state index contributed by atoms with van der Waals surface area (Å²) in [5, 5.41) is 4.79. The Morgan fingerprint density at radius 2 is 1.67 bits per heavy atom. The van der Waals surface area contributed by atoms with Crippen molar-refractivity contribution in [2.24, 2.45) is 5.92 Å². The first-order valence-corrected chi connectivity index (χ1v) is 9.53. The van der Waals surface area contributed by atoms with Crippen LogP contribution in [-0.2, 0) is 9.59 Å². The Hall–Kier alpha value is -3.09. The summed E-state index contributed by atoms with van der Waals surface area (Å²) in [6.45, 7) is 12.6. The smallest absolute Gasteiger partial charge is 0.237 e. The van der Waals surface area contributed by atoms with E-state index in [1.165, 1.54) is 17.7 Å². The van der Waals surface area contributed by atoms with Crippen LogP contribution in [0.1, 0.15) is 32.3 Å². The van der Waals surface area contributed by atoms with Gasteiger partial charge in [0, 0.05) is 6.54 Å². The molecule has 1 saturated heterocycles. The van der Waals surface area contributed by atoms with Gasteiger partial charge in [0.2, 0.25) is 11.8 Å². The molecule has 2 aromatic rings. The molecule has 0 saturated carbocycles. The second kappa shape index (κ2) is 16.8. The number of nitrogens with one attached hydrogen (secondary N) is 2. The Morgan fingerprint density at radius 3 is 2.17 bits per heavy atom. The van der Waals surface area contributed by atoms with Gasteiger partial charge in [-0.1, -0.05) is 55.8 Å². The lowest BCUT2D eigenvalue weighted by molar-refractivity contribution is -0.134. The lowest BCUT2D eigenvalue weighted by Crippen LogP contribution is -2.42. The van der Waals surface area contributed by atoms with Crippen molar-refractivity contribution in [1.82, 2.24) is 5.32 Å². The van der Waals surface area contributed by atoms with E-state index in [4.69, 9.17) is 0 Å². The molecule has 0 spiro atoms. The van der Waals surface area contributed by atoms with Crippen molar-refractivity contribution in [3.8, 4) is 0 Å². The van der Waals surface area contributed by atoms with Crippen LogP contribution in [0.5, 0.6) is 0 Å². The van der Waals surface area contributed by atoms with Crippen molar-refractivity contribution in [3.05, 3.63) is 78.9 Å². The molecular formula is C23H31F3N2O2. The summed E-state index contributed by atoms with van der Waals surface area (Å²) in [6.07, 6.45) is 1.10. The van der Waals surface area contributed by atoms with E-state index in [1.807, 2.05) is 32.0 Å². The maximum absolute atomic E-state index is 13.3. The van der Waals surface area contributed by atoms with E-state index in [9.17, 15) is 18.4 Å². The summed E-state index contributed by atoms with van der Waals surface area (Å²) in [7, 11) is 0. The predicted octanol–water partition coefficient (Wildman–Crippen LogP) is 5.41. The van der Waals surface area contributed by atoms with Crippen LogP contribution >= 0.6 is 0 Å². The maximum Gasteiger partial charge on any atom is 0.237 e. The number of amides is 2. The molecule has 1 heterocycles. The molecule has 2 N–H and O–H groups in total. The standard InChI is InChI=1S/C12H12F2N2O2.C7H8.C2H6.C2H4.FH/c13-8-4-1-5-9(10(8)14)16-12(18)7-3-2-6-15-11(7)17;1-7-5-3-2-4-6-7;2*1-2;/h1,4-5,7H,2-3,6H2,(H,15,17)(H,16,18);2-6H,1H3;1-2H3;1-2H2;1H/t7-;;;;/m1..../s1. The van der Waals surface area contributed by atoms with Gasteiger partial charge in [-0.2, -0.15) is 0 Å². The molecule has 30 heavy (non-hydrogen) atoms. The molecule has 2 aromatic carbocycles. The van der Waals surface area contributed by atoms with Gasteiger partial charge < -0.3 is 10.6 Å². The average Bonchev–Trinajstić information content (AvgIpc) is 2.75. The Morgan fingerprint density at radius 1 is 1.07 bits per heavy atom. The number of benzene rings is 2. The molecular weight excluding hydrogens is 393 g/mol. The van der Waals surface area contributed by atoms with Crippen LogP contribution in [0.25, 0.3) is 0 Å². The van der Waals surface area contributed by atoms with Crippen LogP contribution in [0, 0.1) is 24.5 Å². The summed E-state index contributed by atoms with van der Waals surface area (Å²) >= 11 is 0. The monoisotopic (exact) mass is 424 g/mol. The van der Waals surface area contributed by atoms with Crippen molar-refractivity contribution in [2.45, 2.75) is 33.6 Å². The van der Waals surface area contributed by atoms with Gasteiger partial charge in [-0.25, -0.2) is 8.78 Å². The second-order valence-electron chi connectivity index (χ2n) is 5.73. The number of aryl methyl sites for hydroxylation is 1. The molecule has 0 aromatic heterocycles. The minimum Gasteiger partial charge on any atom is -0.355 e. The number of halogens is 3. The Balaban J connectivity index is 0. The lowest BCUT2D eigenvalue weighted by Gasteiger charge is -2.21. The third-order valence-corrected chi connectivity index (χ3v) is 3.75. The zero-order valence-electron chi connectivity index (χ0n) is 17.7. The number of hydrogen-bond donors (Lipinski definition) is 2. The number of hydrogen-bond acceptors (Lipinski definition) is 2. The molecule has 1 aliphatic heterocycles. The van der Waals surface area contributed by atoms with Gasteiger partial charge in [-0.3, -0.25) is 14.3 Å². The van der Waals surface area contributed by atoms with Crippen LogP contribution in [-0.4, -0.2) is 18.4 Å². The SMILES string of the molecule is C=C.CC.Cc1ccccc1.F.O=C1NCCC[C@H]1C(=O)Nc1cccc(F)c1F. The molecule has 0 aliphatic carbocycles. The molecule has 1 aliphatic rings. The zero-order valence-corrected chi connectivity index (χ0v) is 17.7. The van der Waals surface area contributed by atoms with Gasteiger partial charge in [0.25, 0.3) is 0 Å². The molecule has 0 unspecified atom stereocenters. The number of anilines is 1. The van der Waals surface area contributed by atoms with Crippen molar-refractivity contribution < 1.29 is 23.1 Å². The van der Waals surface area contributed by atoms with E-state index in [-0.39, 0.29) is 16.3 Å². The quantitative estimate of drug-likeness (QED) is 0.501. The fraction of sp³-hybridized carbons (Fsp3) is 0.304. The number of carbonyl (C=O) groups excluding carboxylic acids is 2. The van der Waals surface area contributed by atoms with Crippen LogP contribution in [0.4, 0.5) is 19.2 Å². The fourth-order valence-electron chi connectivity index (χ4n) is 2.38. The van der Waals surface area contributed by atoms with Crippen molar-refractivity contribution in [3.63, 3.8) is 0 Å². The summed E-state index contributed by atoms with van der Waals surface area (Å²) in [4.78, 5) is 23.2. The van der Waals surface area contributed by atoms with Crippen molar-refractivity contribution >= 4 is 17.5 Å². The highest BCUT2D eigenvalue weighted by atomic mass is 19.2. The van der Waals surface area contributed by atoms with Crippen LogP contribution in [0.2, 0.25) is 0 Å². The highest BCUT2D eigenvalue weighted by Gasteiger charge is 2.29. The van der Waals surface area contributed by atoms with E-state index in [1.54, 1.807) is 0 Å². The Kier molecular flexibility index (Phi) is 16.3. The minimum absolute atomic E-state index is 0. The lowest BCUT2D eigenvalue weighted by atomic mass is 9.97. The topological polar surface area (TPSA) is 58.2 Å². The number of piperidine rings is 1. The molecule has 4 nitrogen and oxygen atoms in total. The van der Waals surface area contributed by atoms with Crippen molar-refractivity contribution in [1.29, 1.82) is 0 Å². The highest BCUT2D eigenvalue weighted by molar-refractivity contribution is 6.06. The molecule has 2 amide bonds. The zero-order chi connectivity index (χ0) is 22.2. The van der Waals surface area contributed by atoms with E-state index in [0.717, 1.165) is 6.07 Å². The largest absolute Gasteiger partial charge is 0.355 e. The van der Waals surface area contributed by atoms with Gasteiger partial charge in [0.05, 0.1) is 5.69 Å². The normalized spacial score (nSPS) is 13.9. The van der Waals surface area contributed by atoms with Gasteiger partial charge >= 0.3 is 0 Å². The molecule has 166 valence electrons. The fourth-order valence-corrected chi connectivity index (χ4v) is 2.38. The van der Waals surface area contributed by atoms with Gasteiger partial charge in [-0.15, -0.1) is 13.2 Å². The molecule has 7 heteroatoms. The van der Waals surface area contributed by atoms with Gasteiger partial charge in [-0.05, 0) is 31.9 Å². The van der Waals surface area contributed by atoms with E-state index >= 15 is 0 Å². The molecule has 0 radical (unpaired) electrons. The summed E-state index contributed by atoms with van der Waals surface area (Å²) in [5.41, 5.74) is 1.07. The first kappa shape index (κ1) is 29.1. The predicted molar refractivity (Wildman–Crippen MR) is 117 cm³/mol. The number of carbonyl (C=O) groups is 2. The van der Waals surface area contributed by atoms with E-state index in [0.29, 0.717) is 19.4 Å². The molecule has 1 atom stereocenters. The van der Waals surface area contributed by atoms with Crippen LogP contribution in [0.15, 0.2) is 61.7 Å². The summed E-state index contributed by atoms with van der Waals surface area (Å²) in [5.74, 6) is -4.00. The number of rotatable bonds is 2. The Labute approximate surface area is 176 Å². The highest BCUT2D eigenvalue weighted by Crippen LogP contribution is 2.19. The van der Waals surface area contributed by atoms with Gasteiger partial charge in [0.1, 0.15) is 5.92 Å². The third kappa shape index (κ3) is 9.91. The third-order valence-electron chi connectivity index (χ3n) is 3.75. The Bertz CT molecular complexity index is 755. The summed E-state index contributed by atoms with van der Waals surface area (Å²) < 4.78 is 26.3. The first-order valence-electron chi connectivity index (χ1n) is 9.53. The van der Waals surface area contributed by atoms with Gasteiger partial charge in [0.15, 0.2) is 11.6 Å².